The van der Waals surface area contributed by atoms with Crippen LogP contribution in [0.1, 0.15) is 0 Å². The van der Waals surface area contributed by atoms with Gasteiger partial charge in [0.05, 0.1) is 19.8 Å². The third kappa shape index (κ3) is 5.22. The molecule has 3 heterocycles. The summed E-state index contributed by atoms with van der Waals surface area (Å²) in [6, 6.07) is 0. The quantitative estimate of drug-likeness (QED) is 0.172. The zero-order valence-corrected chi connectivity index (χ0v) is 16.7. The van der Waals surface area contributed by atoms with E-state index in [1.54, 1.807) is 0 Å². The van der Waals surface area contributed by atoms with E-state index in [-0.39, 0.29) is 6.61 Å². The van der Waals surface area contributed by atoms with Crippen LogP contribution in [-0.4, -0.2) is 157 Å². The van der Waals surface area contributed by atoms with Gasteiger partial charge in [0, 0.05) is 0 Å². The molecular formula is C17H30O15. The summed E-state index contributed by atoms with van der Waals surface area (Å²) in [4.78, 5) is 0. The molecule has 0 aromatic carbocycles. The highest BCUT2D eigenvalue weighted by Crippen LogP contribution is 2.28. The molecule has 0 aliphatic carbocycles. The highest BCUT2D eigenvalue weighted by atomic mass is 16.7. The number of rotatable bonds is 6. The SMILES string of the molecule is OC[C@H]1O[C@H](OC[C@H]2O[C@@H](O)[C@@H](O[C@@H]3OC[C@@H](O)[C@H](O)[C@H]3O)[C@@H](O)[C@@H]2O)[C@@H](O)[C@@H](O)[C@@H]1O. The molecule has 3 aliphatic rings. The first-order valence-electron chi connectivity index (χ1n) is 9.99. The lowest BCUT2D eigenvalue weighted by molar-refractivity contribution is -0.357. The summed E-state index contributed by atoms with van der Waals surface area (Å²) < 4.78 is 25.9. The summed E-state index contributed by atoms with van der Waals surface area (Å²) in [6.45, 7) is -1.62. The molecule has 14 atom stereocenters. The van der Waals surface area contributed by atoms with Crippen LogP contribution in [0, 0.1) is 0 Å². The van der Waals surface area contributed by atoms with Crippen molar-refractivity contribution in [2.75, 3.05) is 19.8 Å². The van der Waals surface area contributed by atoms with Gasteiger partial charge in [-0.15, -0.1) is 0 Å². The Labute approximate surface area is 181 Å². The fourth-order valence-corrected chi connectivity index (χ4v) is 3.65. The van der Waals surface area contributed by atoms with Crippen molar-refractivity contribution < 1.29 is 74.7 Å². The molecule has 0 spiro atoms. The van der Waals surface area contributed by atoms with Crippen molar-refractivity contribution in [1.29, 1.82) is 0 Å². The third-order valence-electron chi connectivity index (χ3n) is 5.68. The van der Waals surface area contributed by atoms with Crippen molar-refractivity contribution in [3.8, 4) is 0 Å². The molecule has 3 rings (SSSR count). The molecule has 15 nitrogen and oxygen atoms in total. The predicted molar refractivity (Wildman–Crippen MR) is 95.2 cm³/mol. The summed E-state index contributed by atoms with van der Waals surface area (Å²) >= 11 is 0. The van der Waals surface area contributed by atoms with Gasteiger partial charge in [-0.1, -0.05) is 0 Å². The zero-order valence-electron chi connectivity index (χ0n) is 16.7. The van der Waals surface area contributed by atoms with Crippen LogP contribution in [0.3, 0.4) is 0 Å². The van der Waals surface area contributed by atoms with Gasteiger partial charge in [-0.2, -0.15) is 0 Å². The van der Waals surface area contributed by atoms with Gasteiger partial charge < -0.3 is 74.7 Å². The van der Waals surface area contributed by atoms with Crippen LogP contribution in [0.2, 0.25) is 0 Å². The van der Waals surface area contributed by atoms with Gasteiger partial charge in [0.15, 0.2) is 18.9 Å². The number of aliphatic hydroxyl groups excluding tert-OH is 10. The van der Waals surface area contributed by atoms with Crippen LogP contribution >= 0.6 is 0 Å². The summed E-state index contributed by atoms with van der Waals surface area (Å²) in [5, 5.41) is 98.7. The van der Waals surface area contributed by atoms with E-state index in [1.807, 2.05) is 0 Å². The molecule has 0 aromatic heterocycles. The molecule has 10 N–H and O–H groups in total. The van der Waals surface area contributed by atoms with Crippen molar-refractivity contribution in [2.45, 2.75) is 86.0 Å². The first-order chi connectivity index (χ1) is 15.1. The van der Waals surface area contributed by atoms with Gasteiger partial charge in [-0.25, -0.2) is 0 Å². The molecule has 0 amide bonds. The minimum Gasteiger partial charge on any atom is -0.394 e. The van der Waals surface area contributed by atoms with E-state index in [4.69, 9.17) is 23.7 Å². The minimum absolute atomic E-state index is 0.388. The van der Waals surface area contributed by atoms with Crippen LogP contribution in [-0.2, 0) is 23.7 Å². The summed E-state index contributed by atoms with van der Waals surface area (Å²) in [6.07, 6.45) is -22.2. The highest BCUT2D eigenvalue weighted by Gasteiger charge is 2.49. The molecule has 0 saturated carbocycles. The molecule has 32 heavy (non-hydrogen) atoms. The Balaban J connectivity index is 1.56. The van der Waals surface area contributed by atoms with Crippen molar-refractivity contribution >= 4 is 0 Å². The predicted octanol–water partition coefficient (Wildman–Crippen LogP) is -6.93. The summed E-state index contributed by atoms with van der Waals surface area (Å²) in [5.74, 6) is 0. The number of aliphatic hydroxyl groups is 10. The van der Waals surface area contributed by atoms with E-state index in [0.717, 1.165) is 0 Å². The maximum absolute atomic E-state index is 10.4. The second kappa shape index (κ2) is 10.8. The van der Waals surface area contributed by atoms with Gasteiger partial charge in [-0.3, -0.25) is 0 Å². The lowest BCUT2D eigenvalue weighted by atomic mass is 9.98. The second-order valence-corrected chi connectivity index (χ2v) is 7.93. The van der Waals surface area contributed by atoms with Crippen LogP contribution in [0.25, 0.3) is 0 Å². The molecule has 0 unspecified atom stereocenters. The van der Waals surface area contributed by atoms with Gasteiger partial charge in [-0.05, 0) is 0 Å². The van der Waals surface area contributed by atoms with E-state index in [1.165, 1.54) is 0 Å². The Bertz CT molecular complexity index is 594. The lowest BCUT2D eigenvalue weighted by Gasteiger charge is -2.44. The molecule has 0 bridgehead atoms. The largest absolute Gasteiger partial charge is 0.394 e. The van der Waals surface area contributed by atoms with Crippen molar-refractivity contribution in [2.24, 2.45) is 0 Å². The van der Waals surface area contributed by atoms with Gasteiger partial charge >= 0.3 is 0 Å². The Hall–Kier alpha value is -0.600. The molecule has 3 aliphatic heterocycles. The van der Waals surface area contributed by atoms with E-state index in [0.29, 0.717) is 0 Å². The smallest absolute Gasteiger partial charge is 0.186 e. The van der Waals surface area contributed by atoms with E-state index in [2.05, 4.69) is 0 Å². The van der Waals surface area contributed by atoms with Gasteiger partial charge in [0.2, 0.25) is 0 Å². The fraction of sp³-hybridized carbons (Fsp3) is 1.00. The normalized spacial score (nSPS) is 52.7. The van der Waals surface area contributed by atoms with Crippen molar-refractivity contribution in [3.63, 3.8) is 0 Å². The Morgan fingerprint density at radius 3 is 1.94 bits per heavy atom. The average molecular weight is 474 g/mol. The van der Waals surface area contributed by atoms with Gasteiger partial charge in [0.1, 0.15) is 67.1 Å². The zero-order chi connectivity index (χ0) is 23.7. The maximum Gasteiger partial charge on any atom is 0.186 e. The summed E-state index contributed by atoms with van der Waals surface area (Å²) in [5.41, 5.74) is 0. The third-order valence-corrected chi connectivity index (χ3v) is 5.68. The lowest BCUT2D eigenvalue weighted by Crippen LogP contribution is -2.63. The molecule has 188 valence electrons. The molecule has 0 radical (unpaired) electrons. The number of hydrogen-bond acceptors (Lipinski definition) is 15. The second-order valence-electron chi connectivity index (χ2n) is 7.93. The van der Waals surface area contributed by atoms with Crippen LogP contribution < -0.4 is 0 Å². The molecule has 3 saturated heterocycles. The van der Waals surface area contributed by atoms with E-state index in [9.17, 15) is 51.1 Å². The monoisotopic (exact) mass is 474 g/mol. The first-order valence-corrected chi connectivity index (χ1v) is 9.99. The Kier molecular flexibility index (Phi) is 8.75. The topological polar surface area (TPSA) is 248 Å². The maximum atomic E-state index is 10.4. The van der Waals surface area contributed by atoms with Gasteiger partial charge in [0.25, 0.3) is 0 Å². The Morgan fingerprint density at radius 1 is 0.656 bits per heavy atom. The number of hydrogen-bond donors (Lipinski definition) is 10. The molecule has 15 heteroatoms. The minimum atomic E-state index is -1.85. The molecular weight excluding hydrogens is 444 g/mol. The van der Waals surface area contributed by atoms with Crippen molar-refractivity contribution in [3.05, 3.63) is 0 Å². The Morgan fingerprint density at radius 2 is 1.28 bits per heavy atom. The fourth-order valence-electron chi connectivity index (χ4n) is 3.65. The van der Waals surface area contributed by atoms with Crippen LogP contribution in [0.5, 0.6) is 0 Å². The average Bonchev–Trinajstić information content (AvgIpc) is 2.77. The standard InChI is InChI=1S/C17H30O15/c18-1-5-8(21)10(23)13(26)16(31-5)29-3-6-9(22)11(24)14(15(27)30-6)32-17-12(25)7(20)4(19)2-28-17/h4-27H,1-3H2/t4-,5-,6-,7+,8-,9-,10+,11+,12-,13+,14+,15-,16+,17+/m1/s1. The highest BCUT2D eigenvalue weighted by molar-refractivity contribution is 4.93. The van der Waals surface area contributed by atoms with E-state index >= 15 is 0 Å². The molecule has 3 fully saturated rings. The van der Waals surface area contributed by atoms with Crippen LogP contribution in [0.4, 0.5) is 0 Å². The van der Waals surface area contributed by atoms with E-state index < -0.39 is 99.2 Å². The molecule has 0 aromatic rings. The van der Waals surface area contributed by atoms with Crippen LogP contribution in [0.15, 0.2) is 0 Å². The van der Waals surface area contributed by atoms with Crippen molar-refractivity contribution in [1.82, 2.24) is 0 Å². The number of ether oxygens (including phenoxy) is 5. The summed E-state index contributed by atoms with van der Waals surface area (Å²) in [7, 11) is 0. The first kappa shape index (κ1) is 26.0.